The lowest BCUT2D eigenvalue weighted by atomic mass is 10.3. The third kappa shape index (κ3) is 2.37. The molecule has 0 saturated heterocycles. The standard InChI is InChI=1S/C19H17F3O4S2/c20-19(21,22)28(27(24,25)26,16-7-3-1-4-8-16,17-9-5-2-6-10-17)18-13-11-15(23)12-14-18/h1-14,23H,(H2,24,25,26). The van der Waals surface area contributed by atoms with Crippen molar-refractivity contribution in [1.82, 2.24) is 0 Å². The van der Waals surface area contributed by atoms with Gasteiger partial charge in [0.1, 0.15) is 5.75 Å². The van der Waals surface area contributed by atoms with Gasteiger partial charge in [0.15, 0.2) is 0 Å². The van der Waals surface area contributed by atoms with Crippen LogP contribution in [0.5, 0.6) is 5.75 Å². The Labute approximate surface area is 159 Å². The number of hydrogen-bond donors (Lipinski definition) is 3. The molecule has 3 aromatic rings. The molecule has 0 aliphatic rings. The fourth-order valence-corrected chi connectivity index (χ4v) is 12.0. The van der Waals surface area contributed by atoms with E-state index in [1.165, 1.54) is 36.4 Å². The van der Waals surface area contributed by atoms with Crippen LogP contribution in [-0.4, -0.2) is 23.9 Å². The molecular formula is C19H17F3O4S2. The van der Waals surface area contributed by atoms with Crippen molar-refractivity contribution in [3.8, 4) is 5.75 Å². The highest BCUT2D eigenvalue weighted by molar-refractivity contribution is 8.62. The lowest BCUT2D eigenvalue weighted by Gasteiger charge is -2.50. The predicted octanol–water partition coefficient (Wildman–Crippen LogP) is 5.22. The highest BCUT2D eigenvalue weighted by atomic mass is 32.9. The molecule has 0 heterocycles. The third-order valence-electron chi connectivity index (χ3n) is 4.55. The van der Waals surface area contributed by atoms with Gasteiger partial charge in [0.05, 0.1) is 0 Å². The van der Waals surface area contributed by atoms with E-state index in [9.17, 15) is 18.4 Å². The maximum absolute atomic E-state index is 15.2. The van der Waals surface area contributed by atoms with Gasteiger partial charge in [-0.25, -0.2) is 4.21 Å². The highest BCUT2D eigenvalue weighted by Gasteiger charge is 2.66. The second kappa shape index (κ2) is 6.63. The van der Waals surface area contributed by atoms with E-state index in [1.54, 1.807) is 0 Å². The maximum Gasteiger partial charge on any atom is 0.443 e. The molecular weight excluding hydrogens is 413 g/mol. The van der Waals surface area contributed by atoms with Gasteiger partial charge in [0.2, 0.25) is 9.05 Å². The number of hydrogen-bond acceptors (Lipinski definition) is 2. The van der Waals surface area contributed by atoms with Crippen LogP contribution in [0.4, 0.5) is 13.2 Å². The summed E-state index contributed by atoms with van der Waals surface area (Å²) in [4.78, 5) is -1.66. The topological polar surface area (TPSA) is 77.8 Å². The monoisotopic (exact) mass is 430 g/mol. The van der Waals surface area contributed by atoms with E-state index in [1.807, 2.05) is 0 Å². The molecule has 3 aromatic carbocycles. The normalized spacial score (nSPS) is 14.2. The van der Waals surface area contributed by atoms with Crippen molar-refractivity contribution in [3.63, 3.8) is 0 Å². The van der Waals surface area contributed by atoms with Gasteiger partial charge in [0.25, 0.3) is 0 Å². The number of phenols is 1. The molecule has 150 valence electrons. The summed E-state index contributed by atoms with van der Waals surface area (Å²) < 4.78 is 79.5. The summed E-state index contributed by atoms with van der Waals surface area (Å²) in [6.45, 7) is 0. The maximum atomic E-state index is 15.2. The van der Waals surface area contributed by atoms with Gasteiger partial charge >= 0.3 is 5.51 Å². The number of benzene rings is 3. The zero-order valence-electron chi connectivity index (χ0n) is 14.3. The van der Waals surface area contributed by atoms with E-state index in [2.05, 4.69) is 0 Å². The molecule has 0 saturated carbocycles. The fourth-order valence-electron chi connectivity index (χ4n) is 3.37. The molecule has 0 spiro atoms. The Balaban J connectivity index is 2.85. The van der Waals surface area contributed by atoms with Crippen LogP contribution in [0.1, 0.15) is 0 Å². The van der Waals surface area contributed by atoms with Crippen LogP contribution in [0.25, 0.3) is 0 Å². The molecule has 28 heavy (non-hydrogen) atoms. The van der Waals surface area contributed by atoms with E-state index in [0.717, 1.165) is 48.5 Å². The molecule has 0 aliphatic heterocycles. The average Bonchev–Trinajstić information content (AvgIpc) is 2.64. The second-order valence-electron chi connectivity index (χ2n) is 5.96. The molecule has 0 radical (unpaired) electrons. The fraction of sp³-hybridized carbons (Fsp3) is 0.0526. The number of alkyl halides is 3. The van der Waals surface area contributed by atoms with Gasteiger partial charge in [-0.05, 0) is 56.3 Å². The van der Waals surface area contributed by atoms with Crippen LogP contribution >= 0.6 is 0 Å². The van der Waals surface area contributed by atoms with Gasteiger partial charge in [-0.15, -0.1) is 0 Å². The first-order chi connectivity index (χ1) is 13.1. The van der Waals surface area contributed by atoms with Crippen molar-refractivity contribution in [3.05, 3.63) is 84.9 Å². The zero-order chi connectivity index (χ0) is 20.7. The Bertz CT molecular complexity index is 1100. The summed E-state index contributed by atoms with van der Waals surface area (Å²) in [7, 11) is -11.6. The molecule has 4 nitrogen and oxygen atoms in total. The molecule has 3 rings (SSSR count). The van der Waals surface area contributed by atoms with Crippen LogP contribution in [0, 0.1) is 0 Å². The van der Waals surface area contributed by atoms with Gasteiger partial charge in [-0.1, -0.05) is 36.4 Å². The van der Waals surface area contributed by atoms with Crippen molar-refractivity contribution in [2.24, 2.45) is 0 Å². The lowest BCUT2D eigenvalue weighted by molar-refractivity contribution is -0.0412. The molecule has 0 aromatic heterocycles. The smallest absolute Gasteiger partial charge is 0.443 e. The molecule has 3 N–H and O–H groups in total. The summed E-state index contributed by atoms with van der Waals surface area (Å²) in [6, 6.07) is 16.4. The van der Waals surface area contributed by atoms with Crippen LogP contribution in [0.3, 0.4) is 0 Å². The molecule has 0 amide bonds. The number of phenolic OH excluding ortho intramolecular Hbond substituents is 1. The minimum Gasteiger partial charge on any atom is -0.508 e. The summed E-state index contributed by atoms with van der Waals surface area (Å²) in [5, 5.41) is 9.59. The number of aromatic hydroxyl groups is 1. The van der Waals surface area contributed by atoms with Gasteiger partial charge in [-0.2, -0.15) is 13.2 Å². The van der Waals surface area contributed by atoms with Crippen molar-refractivity contribution >= 4 is 16.8 Å². The van der Waals surface area contributed by atoms with Gasteiger partial charge in [-0.3, -0.25) is 9.11 Å². The number of halogens is 3. The highest BCUT2D eigenvalue weighted by Crippen LogP contribution is 2.64. The van der Waals surface area contributed by atoms with Crippen molar-refractivity contribution in [2.75, 3.05) is 0 Å². The predicted molar refractivity (Wildman–Crippen MR) is 103 cm³/mol. The quantitative estimate of drug-likeness (QED) is 0.532. The molecule has 9 heteroatoms. The summed E-state index contributed by atoms with van der Waals surface area (Å²) >= 11 is 0. The van der Waals surface area contributed by atoms with Crippen LogP contribution in [0.2, 0.25) is 0 Å². The van der Waals surface area contributed by atoms with E-state index in [4.69, 9.17) is 0 Å². The second-order valence-corrected chi connectivity index (χ2v) is 13.9. The van der Waals surface area contributed by atoms with Gasteiger partial charge in [0, 0.05) is 14.7 Å². The minimum atomic E-state index is -6.03. The Kier molecular flexibility index (Phi) is 4.83. The molecule has 0 aliphatic carbocycles. The van der Waals surface area contributed by atoms with E-state index in [0.29, 0.717) is 0 Å². The zero-order valence-corrected chi connectivity index (χ0v) is 15.9. The summed E-state index contributed by atoms with van der Waals surface area (Å²) in [5.41, 5.74) is -5.35. The van der Waals surface area contributed by atoms with E-state index < -0.39 is 37.0 Å². The Morgan fingerprint density at radius 2 is 1.04 bits per heavy atom. The Morgan fingerprint density at radius 3 is 1.36 bits per heavy atom. The van der Waals surface area contributed by atoms with Crippen LogP contribution < -0.4 is 0 Å². The molecule has 0 bridgehead atoms. The van der Waals surface area contributed by atoms with E-state index >= 15 is 13.2 Å². The molecule has 0 fully saturated rings. The molecule has 0 atom stereocenters. The SMILES string of the molecule is O=S(O)(O)=S(c1ccccc1)(c1ccccc1)(c1ccc(O)cc1)C(F)(F)F. The van der Waals surface area contributed by atoms with Crippen molar-refractivity contribution < 1.29 is 31.6 Å². The first-order valence-electron chi connectivity index (χ1n) is 7.95. The van der Waals surface area contributed by atoms with Crippen LogP contribution in [-0.2, 0) is 16.8 Å². The minimum absolute atomic E-state index is 0.317. The summed E-state index contributed by atoms with van der Waals surface area (Å²) in [6.07, 6.45) is 0. The first-order valence-corrected chi connectivity index (χ1v) is 12.0. The third-order valence-corrected chi connectivity index (χ3v) is 14.7. The Morgan fingerprint density at radius 1 is 0.679 bits per heavy atom. The van der Waals surface area contributed by atoms with Gasteiger partial charge < -0.3 is 5.11 Å². The van der Waals surface area contributed by atoms with Crippen molar-refractivity contribution in [2.45, 2.75) is 20.2 Å². The first kappa shape index (κ1) is 20.4. The Hall–Kier alpha value is -2.33. The molecule has 0 unspecified atom stereocenters. The van der Waals surface area contributed by atoms with E-state index in [-0.39, 0.29) is 5.75 Å². The largest absolute Gasteiger partial charge is 0.508 e. The average molecular weight is 430 g/mol. The van der Waals surface area contributed by atoms with Crippen LogP contribution in [0.15, 0.2) is 99.6 Å². The lowest BCUT2D eigenvalue weighted by Crippen LogP contribution is -2.52. The summed E-state index contributed by atoms with van der Waals surface area (Å²) in [5.74, 6) is -0.317. The number of rotatable bonds is 3. The van der Waals surface area contributed by atoms with Crippen molar-refractivity contribution in [1.29, 1.82) is 0 Å².